The second-order valence-corrected chi connectivity index (χ2v) is 10.5. The number of imidazole rings is 1. The molecular weight excluding hydrogens is 464 g/mol. The van der Waals surface area contributed by atoms with Crippen LogP contribution in [0.5, 0.6) is 0 Å². The van der Waals surface area contributed by atoms with Gasteiger partial charge >= 0.3 is 0 Å². The maximum Gasteiger partial charge on any atom is 0.265 e. The number of benzene rings is 1. The van der Waals surface area contributed by atoms with Gasteiger partial charge in [0.25, 0.3) is 5.91 Å². The number of pyridine rings is 1. The summed E-state index contributed by atoms with van der Waals surface area (Å²) in [6.07, 6.45) is 9.70. The standard InChI is InChI=1S/C25H22N6OS2/c26-17-3-1-2-4-18(17)29-24(32)20-7-8-23(33-20)30-25-28-14-21(34-25)19-13-27-22-12-16(9-10-31(19)22)11-15-5-6-15/h1-4,7-10,12-15H,5-6,11,26H2,(H,28,30)(H,29,32). The average Bonchev–Trinajstić information content (AvgIpc) is 3.21. The van der Waals surface area contributed by atoms with Crippen LogP contribution in [0.2, 0.25) is 0 Å². The van der Waals surface area contributed by atoms with Crippen molar-refractivity contribution in [1.29, 1.82) is 0 Å². The third-order valence-electron chi connectivity index (χ3n) is 5.83. The number of nitrogens with two attached hydrogens (primary N) is 1. The fraction of sp³-hybridized carbons (Fsp3) is 0.160. The van der Waals surface area contributed by atoms with Crippen LogP contribution < -0.4 is 16.4 Å². The van der Waals surface area contributed by atoms with E-state index in [9.17, 15) is 4.79 Å². The topological polar surface area (TPSA) is 97.3 Å². The fourth-order valence-electron chi connectivity index (χ4n) is 3.86. The van der Waals surface area contributed by atoms with Crippen molar-refractivity contribution in [1.82, 2.24) is 14.4 Å². The second kappa shape index (κ2) is 8.58. The van der Waals surface area contributed by atoms with E-state index in [0.717, 1.165) is 38.7 Å². The summed E-state index contributed by atoms with van der Waals surface area (Å²) in [6, 6.07) is 15.3. The van der Waals surface area contributed by atoms with Crippen LogP contribution in [-0.4, -0.2) is 20.3 Å². The van der Waals surface area contributed by atoms with Crippen molar-refractivity contribution in [3.8, 4) is 10.6 Å². The van der Waals surface area contributed by atoms with E-state index in [1.165, 1.54) is 29.7 Å². The van der Waals surface area contributed by atoms with Crippen LogP contribution in [0.15, 0.2) is 67.1 Å². The molecule has 5 aromatic rings. The van der Waals surface area contributed by atoms with Gasteiger partial charge < -0.3 is 16.4 Å². The molecule has 6 rings (SSSR count). The van der Waals surface area contributed by atoms with Crippen molar-refractivity contribution in [2.45, 2.75) is 19.3 Å². The monoisotopic (exact) mass is 486 g/mol. The minimum Gasteiger partial charge on any atom is -0.397 e. The van der Waals surface area contributed by atoms with Crippen molar-refractivity contribution in [3.05, 3.63) is 77.6 Å². The predicted octanol–water partition coefficient (Wildman–Crippen LogP) is 6.05. The Labute approximate surface area is 204 Å². The van der Waals surface area contributed by atoms with Crippen LogP contribution in [0.4, 0.5) is 21.5 Å². The molecular formula is C25H22N6OS2. The van der Waals surface area contributed by atoms with Crippen molar-refractivity contribution in [2.24, 2.45) is 5.92 Å². The molecule has 170 valence electrons. The van der Waals surface area contributed by atoms with E-state index in [2.05, 4.69) is 43.3 Å². The van der Waals surface area contributed by atoms with Gasteiger partial charge in [0, 0.05) is 12.4 Å². The van der Waals surface area contributed by atoms with Gasteiger partial charge in [-0.2, -0.15) is 0 Å². The molecule has 34 heavy (non-hydrogen) atoms. The molecule has 1 fully saturated rings. The summed E-state index contributed by atoms with van der Waals surface area (Å²) in [6.45, 7) is 0. The van der Waals surface area contributed by atoms with Crippen molar-refractivity contribution < 1.29 is 4.79 Å². The minimum atomic E-state index is -0.192. The summed E-state index contributed by atoms with van der Waals surface area (Å²) < 4.78 is 2.11. The third-order valence-corrected chi connectivity index (χ3v) is 7.76. The van der Waals surface area contributed by atoms with Crippen molar-refractivity contribution in [2.75, 3.05) is 16.4 Å². The molecule has 1 saturated carbocycles. The maximum absolute atomic E-state index is 12.6. The Morgan fingerprint density at radius 3 is 2.82 bits per heavy atom. The van der Waals surface area contributed by atoms with E-state index in [4.69, 9.17) is 5.73 Å². The highest BCUT2D eigenvalue weighted by molar-refractivity contribution is 7.20. The first-order chi connectivity index (χ1) is 16.6. The maximum atomic E-state index is 12.6. The van der Waals surface area contributed by atoms with Crippen molar-refractivity contribution in [3.63, 3.8) is 0 Å². The van der Waals surface area contributed by atoms with Gasteiger partial charge in [0.15, 0.2) is 5.13 Å². The smallest absolute Gasteiger partial charge is 0.265 e. The molecule has 0 radical (unpaired) electrons. The molecule has 4 heterocycles. The zero-order valence-corrected chi connectivity index (χ0v) is 19.8. The highest BCUT2D eigenvalue weighted by atomic mass is 32.1. The Kier molecular flexibility index (Phi) is 5.27. The van der Waals surface area contributed by atoms with Gasteiger partial charge in [0.2, 0.25) is 0 Å². The second-order valence-electron chi connectivity index (χ2n) is 8.41. The number of carbonyl (C=O) groups is 1. The van der Waals surface area contributed by atoms with Crippen LogP contribution >= 0.6 is 22.7 Å². The Morgan fingerprint density at radius 2 is 1.97 bits per heavy atom. The molecule has 1 aromatic carbocycles. The SMILES string of the molecule is Nc1ccccc1NC(=O)c1ccc(Nc2ncc(-c3cnc4cc(CC5CC5)ccn34)s2)s1. The molecule has 0 spiro atoms. The fourth-order valence-corrected chi connectivity index (χ4v) is 5.57. The zero-order valence-electron chi connectivity index (χ0n) is 18.2. The van der Waals surface area contributed by atoms with E-state index in [1.54, 1.807) is 29.5 Å². The number of fused-ring (bicyclic) bond motifs is 1. The number of nitrogen functional groups attached to an aromatic ring is 1. The number of aromatic nitrogens is 3. The van der Waals surface area contributed by atoms with Crippen molar-refractivity contribution >= 4 is 55.7 Å². The van der Waals surface area contributed by atoms with E-state index < -0.39 is 0 Å². The molecule has 0 saturated heterocycles. The number of hydrogen-bond donors (Lipinski definition) is 3. The summed E-state index contributed by atoms with van der Waals surface area (Å²) >= 11 is 2.92. The zero-order chi connectivity index (χ0) is 23.1. The third kappa shape index (κ3) is 4.27. The number of thiazole rings is 1. The van der Waals surface area contributed by atoms with E-state index in [0.29, 0.717) is 16.3 Å². The van der Waals surface area contributed by atoms with Gasteiger partial charge in [-0.05, 0) is 67.1 Å². The lowest BCUT2D eigenvalue weighted by atomic mass is 10.1. The van der Waals surface area contributed by atoms with Gasteiger partial charge in [-0.25, -0.2) is 9.97 Å². The van der Waals surface area contributed by atoms with Gasteiger partial charge in [0.05, 0.1) is 38.0 Å². The molecule has 1 aliphatic carbocycles. The van der Waals surface area contributed by atoms with E-state index in [-0.39, 0.29) is 5.91 Å². The Balaban J connectivity index is 1.16. The minimum absolute atomic E-state index is 0.192. The highest BCUT2D eigenvalue weighted by Gasteiger charge is 2.22. The number of rotatable bonds is 7. The van der Waals surface area contributed by atoms with Gasteiger partial charge in [-0.3, -0.25) is 9.20 Å². The lowest BCUT2D eigenvalue weighted by molar-refractivity contribution is 0.103. The lowest BCUT2D eigenvalue weighted by Gasteiger charge is -2.06. The lowest BCUT2D eigenvalue weighted by Crippen LogP contribution is -2.11. The van der Waals surface area contributed by atoms with Gasteiger partial charge in [0.1, 0.15) is 5.65 Å². The van der Waals surface area contributed by atoms with Gasteiger partial charge in [-0.1, -0.05) is 23.5 Å². The van der Waals surface area contributed by atoms with Gasteiger partial charge in [-0.15, -0.1) is 11.3 Å². The number of nitrogens with zero attached hydrogens (tertiary/aromatic N) is 3. The molecule has 4 N–H and O–H groups in total. The molecule has 4 aromatic heterocycles. The quantitative estimate of drug-likeness (QED) is 0.243. The summed E-state index contributed by atoms with van der Waals surface area (Å²) in [5.74, 6) is 0.662. The van der Waals surface area contributed by atoms with Crippen LogP contribution in [0, 0.1) is 5.92 Å². The predicted molar refractivity (Wildman–Crippen MR) is 139 cm³/mol. The number of anilines is 4. The molecule has 0 atom stereocenters. The summed E-state index contributed by atoms with van der Waals surface area (Å²) in [5, 5.41) is 7.77. The van der Waals surface area contributed by atoms with Crippen LogP contribution in [0.25, 0.3) is 16.2 Å². The number of carbonyl (C=O) groups excluding carboxylic acids is 1. The number of amides is 1. The molecule has 0 bridgehead atoms. The molecule has 1 aliphatic rings. The Bertz CT molecular complexity index is 1500. The van der Waals surface area contributed by atoms with E-state index in [1.807, 2.05) is 30.6 Å². The number of para-hydroxylation sites is 2. The first-order valence-corrected chi connectivity index (χ1v) is 12.7. The number of hydrogen-bond acceptors (Lipinski definition) is 7. The highest BCUT2D eigenvalue weighted by Crippen LogP contribution is 2.35. The first kappa shape index (κ1) is 20.9. The molecule has 9 heteroatoms. The van der Waals surface area contributed by atoms with Crippen LogP contribution in [0.1, 0.15) is 28.1 Å². The van der Waals surface area contributed by atoms with Crippen LogP contribution in [-0.2, 0) is 6.42 Å². The molecule has 0 aliphatic heterocycles. The van der Waals surface area contributed by atoms with Crippen LogP contribution in [0.3, 0.4) is 0 Å². The largest absolute Gasteiger partial charge is 0.397 e. The Morgan fingerprint density at radius 1 is 1.09 bits per heavy atom. The summed E-state index contributed by atoms with van der Waals surface area (Å²) in [5.41, 5.74) is 10.4. The molecule has 0 unspecified atom stereocenters. The first-order valence-electron chi connectivity index (χ1n) is 11.1. The summed E-state index contributed by atoms with van der Waals surface area (Å²) in [7, 11) is 0. The number of thiophene rings is 1. The Hall–Kier alpha value is -3.69. The molecule has 1 amide bonds. The normalized spacial score (nSPS) is 13.3. The van der Waals surface area contributed by atoms with E-state index >= 15 is 0 Å². The number of nitrogens with one attached hydrogen (secondary N) is 2. The summed E-state index contributed by atoms with van der Waals surface area (Å²) in [4.78, 5) is 23.4. The average molecular weight is 487 g/mol. The molecule has 7 nitrogen and oxygen atoms in total.